The van der Waals surface area contributed by atoms with E-state index in [1.165, 1.54) is 12.0 Å². The number of pyridine rings is 1. The number of nitrogens with one attached hydrogen (secondary N) is 1. The lowest BCUT2D eigenvalue weighted by atomic mass is 10.2. The molecular weight excluding hydrogens is 312 g/mol. The predicted octanol–water partition coefficient (Wildman–Crippen LogP) is 2.27. The molecule has 1 N–H and O–H groups in total. The zero-order valence-corrected chi connectivity index (χ0v) is 14.8. The van der Waals surface area contributed by atoms with Gasteiger partial charge in [0.1, 0.15) is 12.4 Å². The smallest absolute Gasteiger partial charge is 0.219 e. The van der Waals surface area contributed by atoms with Gasteiger partial charge in [-0.1, -0.05) is 30.3 Å². The van der Waals surface area contributed by atoms with Crippen molar-refractivity contribution in [3.8, 4) is 5.88 Å². The van der Waals surface area contributed by atoms with E-state index < -0.39 is 0 Å². The Balaban J connectivity index is 1.41. The van der Waals surface area contributed by atoms with Crippen molar-refractivity contribution in [1.82, 2.24) is 15.2 Å². The van der Waals surface area contributed by atoms with Gasteiger partial charge in [0.2, 0.25) is 5.88 Å². The average molecular weight is 338 g/mol. The molecule has 4 rings (SSSR count). The molecule has 3 heterocycles. The largest absolute Gasteiger partial charge is 0.476 e. The first-order chi connectivity index (χ1) is 12.3. The summed E-state index contributed by atoms with van der Waals surface area (Å²) in [5.41, 5.74) is 2.53. The van der Waals surface area contributed by atoms with Gasteiger partial charge >= 0.3 is 0 Å². The number of likely N-dealkylation sites (tertiary alicyclic amines) is 1. The molecule has 2 aliphatic rings. The van der Waals surface area contributed by atoms with Crippen LogP contribution in [-0.4, -0.2) is 49.2 Å². The highest BCUT2D eigenvalue weighted by Gasteiger charge is 2.27. The van der Waals surface area contributed by atoms with Gasteiger partial charge in [0.25, 0.3) is 0 Å². The molecule has 132 valence electrons. The fraction of sp³-hybridized carbons (Fsp3) is 0.450. The SMILES string of the molecule is CN(c1ccc2c(n1)OCCNC2)C1CCN(Cc2ccccc2)C1. The minimum atomic E-state index is 0.498. The van der Waals surface area contributed by atoms with Crippen LogP contribution in [0.3, 0.4) is 0 Å². The van der Waals surface area contributed by atoms with Crippen LogP contribution in [0, 0.1) is 0 Å². The number of aromatic nitrogens is 1. The van der Waals surface area contributed by atoms with Crippen molar-refractivity contribution >= 4 is 5.82 Å². The lowest BCUT2D eigenvalue weighted by Gasteiger charge is -2.26. The van der Waals surface area contributed by atoms with E-state index in [4.69, 9.17) is 9.72 Å². The molecule has 1 fully saturated rings. The number of ether oxygens (including phenoxy) is 1. The minimum absolute atomic E-state index is 0.498. The van der Waals surface area contributed by atoms with Crippen molar-refractivity contribution in [1.29, 1.82) is 0 Å². The molecule has 2 aromatic rings. The Hall–Kier alpha value is -2.11. The van der Waals surface area contributed by atoms with Gasteiger partial charge in [0.15, 0.2) is 0 Å². The van der Waals surface area contributed by atoms with Crippen molar-refractivity contribution in [3.63, 3.8) is 0 Å². The van der Waals surface area contributed by atoms with E-state index in [9.17, 15) is 0 Å². The van der Waals surface area contributed by atoms with Gasteiger partial charge in [-0.15, -0.1) is 0 Å². The Morgan fingerprint density at radius 1 is 1.24 bits per heavy atom. The third-order valence-electron chi connectivity index (χ3n) is 5.16. The van der Waals surface area contributed by atoms with E-state index in [0.717, 1.165) is 50.0 Å². The Labute approximate surface area is 149 Å². The van der Waals surface area contributed by atoms with E-state index in [2.05, 4.69) is 64.6 Å². The molecule has 1 aromatic heterocycles. The number of rotatable bonds is 4. The molecule has 2 aliphatic heterocycles. The molecule has 5 heteroatoms. The molecule has 0 radical (unpaired) electrons. The monoisotopic (exact) mass is 338 g/mol. The van der Waals surface area contributed by atoms with Crippen LogP contribution in [0.1, 0.15) is 17.5 Å². The van der Waals surface area contributed by atoms with E-state index in [1.807, 2.05) is 0 Å². The molecule has 1 atom stereocenters. The van der Waals surface area contributed by atoms with Gasteiger partial charge in [0, 0.05) is 51.4 Å². The van der Waals surface area contributed by atoms with Crippen LogP contribution < -0.4 is 15.0 Å². The van der Waals surface area contributed by atoms with Gasteiger partial charge in [-0.3, -0.25) is 4.90 Å². The Morgan fingerprint density at radius 2 is 2.12 bits per heavy atom. The van der Waals surface area contributed by atoms with Gasteiger partial charge < -0.3 is 15.0 Å². The van der Waals surface area contributed by atoms with Crippen molar-refractivity contribution in [3.05, 3.63) is 53.6 Å². The van der Waals surface area contributed by atoms with E-state index in [0.29, 0.717) is 12.6 Å². The van der Waals surface area contributed by atoms with Crippen LogP contribution in [-0.2, 0) is 13.1 Å². The molecule has 1 saturated heterocycles. The van der Waals surface area contributed by atoms with E-state index in [1.54, 1.807) is 0 Å². The maximum absolute atomic E-state index is 5.79. The highest BCUT2D eigenvalue weighted by Crippen LogP contribution is 2.26. The van der Waals surface area contributed by atoms with Crippen molar-refractivity contribution in [2.45, 2.75) is 25.6 Å². The Kier molecular flexibility index (Phi) is 4.85. The van der Waals surface area contributed by atoms with Gasteiger partial charge in [-0.05, 0) is 24.1 Å². The standard InChI is InChI=1S/C20H26N4O/c1-23(19-8-7-17-13-21-10-12-25-20(17)22-19)18-9-11-24(15-18)14-16-5-3-2-4-6-16/h2-8,18,21H,9-15H2,1H3. The fourth-order valence-electron chi connectivity index (χ4n) is 3.66. The minimum Gasteiger partial charge on any atom is -0.476 e. The number of fused-ring (bicyclic) bond motifs is 1. The summed E-state index contributed by atoms with van der Waals surface area (Å²) in [4.78, 5) is 9.61. The molecule has 5 nitrogen and oxygen atoms in total. The second-order valence-electron chi connectivity index (χ2n) is 6.93. The van der Waals surface area contributed by atoms with Crippen LogP contribution >= 0.6 is 0 Å². The summed E-state index contributed by atoms with van der Waals surface area (Å²) in [6, 6.07) is 15.5. The first-order valence-corrected chi connectivity index (χ1v) is 9.12. The lowest BCUT2D eigenvalue weighted by Crippen LogP contribution is -2.35. The number of likely N-dealkylation sites (N-methyl/N-ethyl adjacent to an activating group) is 1. The number of benzene rings is 1. The predicted molar refractivity (Wildman–Crippen MR) is 100.0 cm³/mol. The van der Waals surface area contributed by atoms with Crippen LogP contribution in [0.15, 0.2) is 42.5 Å². The average Bonchev–Trinajstić information content (AvgIpc) is 2.98. The van der Waals surface area contributed by atoms with E-state index in [-0.39, 0.29) is 0 Å². The Bertz CT molecular complexity index is 706. The van der Waals surface area contributed by atoms with Gasteiger partial charge in [-0.25, -0.2) is 0 Å². The van der Waals surface area contributed by atoms with E-state index >= 15 is 0 Å². The van der Waals surface area contributed by atoms with Gasteiger partial charge in [0.05, 0.1) is 0 Å². The summed E-state index contributed by atoms with van der Waals surface area (Å²) in [5, 5.41) is 3.35. The van der Waals surface area contributed by atoms with Crippen LogP contribution in [0.2, 0.25) is 0 Å². The van der Waals surface area contributed by atoms with Gasteiger partial charge in [-0.2, -0.15) is 4.98 Å². The van der Waals surface area contributed by atoms with Crippen LogP contribution in [0.5, 0.6) is 5.88 Å². The first-order valence-electron chi connectivity index (χ1n) is 9.12. The lowest BCUT2D eigenvalue weighted by molar-refractivity contribution is 0.313. The molecule has 0 amide bonds. The third kappa shape index (κ3) is 3.78. The maximum Gasteiger partial charge on any atom is 0.219 e. The molecule has 0 saturated carbocycles. The fourth-order valence-corrected chi connectivity index (χ4v) is 3.66. The molecular formula is C20H26N4O. The summed E-state index contributed by atoms with van der Waals surface area (Å²) in [6.45, 7) is 5.63. The zero-order valence-electron chi connectivity index (χ0n) is 14.8. The summed E-state index contributed by atoms with van der Waals surface area (Å²) < 4.78 is 5.79. The second-order valence-corrected chi connectivity index (χ2v) is 6.93. The topological polar surface area (TPSA) is 40.6 Å². The number of hydrogen-bond donors (Lipinski definition) is 1. The Morgan fingerprint density at radius 3 is 3.00 bits per heavy atom. The van der Waals surface area contributed by atoms with Crippen molar-refractivity contribution in [2.24, 2.45) is 0 Å². The summed E-state index contributed by atoms with van der Waals surface area (Å²) in [6.07, 6.45) is 1.17. The van der Waals surface area contributed by atoms with Crippen molar-refractivity contribution in [2.75, 3.05) is 38.2 Å². The maximum atomic E-state index is 5.79. The molecule has 0 bridgehead atoms. The third-order valence-corrected chi connectivity index (χ3v) is 5.16. The zero-order chi connectivity index (χ0) is 17.1. The molecule has 1 aromatic carbocycles. The summed E-state index contributed by atoms with van der Waals surface area (Å²) in [7, 11) is 2.15. The number of hydrogen-bond acceptors (Lipinski definition) is 5. The second kappa shape index (κ2) is 7.42. The number of nitrogens with zero attached hydrogens (tertiary/aromatic N) is 3. The normalized spacial score (nSPS) is 20.6. The summed E-state index contributed by atoms with van der Waals surface area (Å²) >= 11 is 0. The highest BCUT2D eigenvalue weighted by molar-refractivity contribution is 5.45. The molecule has 0 spiro atoms. The number of anilines is 1. The summed E-state index contributed by atoms with van der Waals surface area (Å²) in [5.74, 6) is 1.79. The molecule has 25 heavy (non-hydrogen) atoms. The first kappa shape index (κ1) is 16.4. The molecule has 1 unspecified atom stereocenters. The molecule has 0 aliphatic carbocycles. The van der Waals surface area contributed by atoms with Crippen molar-refractivity contribution < 1.29 is 4.74 Å². The quantitative estimate of drug-likeness (QED) is 0.926. The van der Waals surface area contributed by atoms with Crippen LogP contribution in [0.25, 0.3) is 0 Å². The van der Waals surface area contributed by atoms with Crippen LogP contribution in [0.4, 0.5) is 5.82 Å². The highest BCUT2D eigenvalue weighted by atomic mass is 16.5.